The molecule has 0 spiro atoms. The van der Waals surface area contributed by atoms with Crippen molar-refractivity contribution in [3.8, 4) is 5.75 Å². The molecule has 0 aliphatic carbocycles. The Balaban J connectivity index is 1.40. The molecule has 0 saturated carbocycles. The maximum Gasteiger partial charge on any atom is 0.226 e. The molecule has 3 aromatic rings. The second kappa shape index (κ2) is 12.4. The largest absolute Gasteiger partial charge is 0.493 e. The van der Waals surface area contributed by atoms with Crippen LogP contribution in [0.5, 0.6) is 5.75 Å². The van der Waals surface area contributed by atoms with Crippen LogP contribution in [-0.4, -0.2) is 58.4 Å². The highest BCUT2D eigenvalue weighted by Gasteiger charge is 2.36. The van der Waals surface area contributed by atoms with E-state index in [4.69, 9.17) is 4.74 Å². The SMILES string of the molecule is CC(=O)N1CC[C@H]2CC[C@@H](CN(C(=O)CCOc3cccc(F)c3)Cc3ccccc31)N2Cc1ccncc1. The average Bonchev–Trinajstić information content (AvgIpc) is 3.28. The molecule has 1 saturated heterocycles. The highest BCUT2D eigenvalue weighted by molar-refractivity contribution is 5.92. The normalized spacial score (nSPS) is 19.7. The summed E-state index contributed by atoms with van der Waals surface area (Å²) < 4.78 is 19.2. The number of rotatable bonds is 6. The van der Waals surface area contributed by atoms with Crippen LogP contribution < -0.4 is 9.64 Å². The number of nitrogens with zero attached hydrogens (tertiary/aromatic N) is 4. The van der Waals surface area contributed by atoms with Crippen molar-refractivity contribution in [2.75, 3.05) is 24.6 Å². The minimum Gasteiger partial charge on any atom is -0.493 e. The molecule has 204 valence electrons. The van der Waals surface area contributed by atoms with Crippen molar-refractivity contribution < 1.29 is 18.7 Å². The molecule has 8 heteroatoms. The Hall–Kier alpha value is -3.78. The van der Waals surface area contributed by atoms with E-state index in [9.17, 15) is 14.0 Å². The standard InChI is InChI=1S/C31H35FN4O3/c1-23(37)35-17-13-27-9-10-28(36(27)20-24-11-15-33-16-12-24)22-34(21-25-5-2-3-8-30(25)35)31(38)14-18-39-29-7-4-6-26(32)19-29/h2-8,11-12,15-16,19,27-28H,9-10,13-14,17-18,20-22H2,1H3/t27-,28+/m1/s1. The van der Waals surface area contributed by atoms with Crippen molar-refractivity contribution in [3.63, 3.8) is 0 Å². The first kappa shape index (κ1) is 26.8. The van der Waals surface area contributed by atoms with Gasteiger partial charge in [0.15, 0.2) is 0 Å². The monoisotopic (exact) mass is 530 g/mol. The molecule has 2 amide bonds. The number of benzene rings is 2. The molecule has 39 heavy (non-hydrogen) atoms. The molecule has 3 heterocycles. The van der Waals surface area contributed by atoms with Crippen LogP contribution in [0.1, 0.15) is 43.7 Å². The van der Waals surface area contributed by atoms with Gasteiger partial charge in [0.1, 0.15) is 11.6 Å². The van der Waals surface area contributed by atoms with Gasteiger partial charge in [0.2, 0.25) is 11.8 Å². The summed E-state index contributed by atoms with van der Waals surface area (Å²) in [6.07, 6.45) is 6.67. The Morgan fingerprint density at radius 3 is 2.59 bits per heavy atom. The van der Waals surface area contributed by atoms with Crippen LogP contribution in [0.4, 0.5) is 10.1 Å². The molecule has 5 rings (SSSR count). The van der Waals surface area contributed by atoms with Gasteiger partial charge in [-0.2, -0.15) is 0 Å². The van der Waals surface area contributed by atoms with E-state index in [1.807, 2.05) is 58.6 Å². The summed E-state index contributed by atoms with van der Waals surface area (Å²) in [5.41, 5.74) is 2.99. The van der Waals surface area contributed by atoms with Gasteiger partial charge >= 0.3 is 0 Å². The van der Waals surface area contributed by atoms with Gasteiger partial charge in [0.25, 0.3) is 0 Å². The minimum absolute atomic E-state index is 0.00158. The highest BCUT2D eigenvalue weighted by Crippen LogP contribution is 2.32. The number of hydrogen-bond acceptors (Lipinski definition) is 5. The lowest BCUT2D eigenvalue weighted by molar-refractivity contribution is -0.133. The average molecular weight is 531 g/mol. The van der Waals surface area contributed by atoms with E-state index in [0.717, 1.165) is 37.1 Å². The molecule has 2 aliphatic rings. The molecule has 0 unspecified atom stereocenters. The van der Waals surface area contributed by atoms with Gasteiger partial charge in [-0.15, -0.1) is 0 Å². The van der Waals surface area contributed by atoms with E-state index >= 15 is 0 Å². The first-order valence-corrected chi connectivity index (χ1v) is 13.6. The third-order valence-corrected chi connectivity index (χ3v) is 7.76. The lowest BCUT2D eigenvalue weighted by Gasteiger charge is -2.34. The number of carbonyl (C=O) groups is 2. The zero-order valence-electron chi connectivity index (χ0n) is 22.3. The second-order valence-electron chi connectivity index (χ2n) is 10.3. The predicted octanol–water partition coefficient (Wildman–Crippen LogP) is 4.81. The maximum absolute atomic E-state index is 13.6. The summed E-state index contributed by atoms with van der Waals surface area (Å²) in [6, 6.07) is 18.4. The van der Waals surface area contributed by atoms with Crippen LogP contribution in [0, 0.1) is 5.82 Å². The van der Waals surface area contributed by atoms with Crippen LogP contribution >= 0.6 is 0 Å². The molecule has 0 N–H and O–H groups in total. The molecular weight excluding hydrogens is 495 g/mol. The van der Waals surface area contributed by atoms with E-state index in [-0.39, 0.29) is 36.7 Å². The fourth-order valence-electron chi connectivity index (χ4n) is 5.80. The second-order valence-corrected chi connectivity index (χ2v) is 10.3. The molecule has 2 bridgehead atoms. The number of hydrogen-bond donors (Lipinski definition) is 0. The van der Waals surface area contributed by atoms with Gasteiger partial charge < -0.3 is 14.5 Å². The lowest BCUT2D eigenvalue weighted by atomic mass is 10.1. The number of halogens is 1. The van der Waals surface area contributed by atoms with Gasteiger partial charge in [-0.3, -0.25) is 19.5 Å². The Bertz CT molecular complexity index is 1290. The Labute approximate surface area is 229 Å². The Morgan fingerprint density at radius 1 is 1.00 bits per heavy atom. The van der Waals surface area contributed by atoms with Crippen molar-refractivity contribution in [3.05, 3.63) is 90.0 Å². The topological polar surface area (TPSA) is 66.0 Å². The highest BCUT2D eigenvalue weighted by atomic mass is 19.1. The van der Waals surface area contributed by atoms with Crippen LogP contribution in [0.2, 0.25) is 0 Å². The minimum atomic E-state index is -0.373. The van der Waals surface area contributed by atoms with Crippen molar-refractivity contribution in [2.24, 2.45) is 0 Å². The molecule has 1 aromatic heterocycles. The molecule has 2 aromatic carbocycles. The summed E-state index contributed by atoms with van der Waals surface area (Å²) in [7, 11) is 0. The van der Waals surface area contributed by atoms with Crippen LogP contribution in [0.25, 0.3) is 0 Å². The maximum atomic E-state index is 13.6. The lowest BCUT2D eigenvalue weighted by Crippen LogP contribution is -2.45. The number of anilines is 1. The number of pyridine rings is 1. The molecular formula is C31H35FN4O3. The number of carbonyl (C=O) groups excluding carboxylic acids is 2. The molecule has 2 aliphatic heterocycles. The first-order chi connectivity index (χ1) is 19.0. The summed E-state index contributed by atoms with van der Waals surface area (Å²) >= 11 is 0. The van der Waals surface area contributed by atoms with Crippen LogP contribution in [0.15, 0.2) is 73.1 Å². The summed E-state index contributed by atoms with van der Waals surface area (Å²) in [4.78, 5) is 36.8. The van der Waals surface area contributed by atoms with E-state index < -0.39 is 0 Å². The molecule has 7 nitrogen and oxygen atoms in total. The van der Waals surface area contributed by atoms with E-state index in [2.05, 4.69) is 9.88 Å². The number of amides is 2. The molecule has 1 fully saturated rings. The van der Waals surface area contributed by atoms with Gasteiger partial charge in [-0.25, -0.2) is 4.39 Å². The third-order valence-electron chi connectivity index (χ3n) is 7.76. The Kier molecular flexibility index (Phi) is 8.51. The van der Waals surface area contributed by atoms with Crippen molar-refractivity contribution in [2.45, 2.75) is 57.8 Å². The van der Waals surface area contributed by atoms with E-state index in [1.54, 1.807) is 19.1 Å². The first-order valence-electron chi connectivity index (χ1n) is 13.6. The number of para-hydroxylation sites is 1. The number of ether oxygens (including phenoxy) is 1. The Morgan fingerprint density at radius 2 is 1.79 bits per heavy atom. The predicted molar refractivity (Wildman–Crippen MR) is 148 cm³/mol. The van der Waals surface area contributed by atoms with Crippen molar-refractivity contribution >= 4 is 17.5 Å². The van der Waals surface area contributed by atoms with Gasteiger partial charge in [-0.05, 0) is 60.7 Å². The van der Waals surface area contributed by atoms with Crippen molar-refractivity contribution in [1.29, 1.82) is 0 Å². The van der Waals surface area contributed by atoms with Crippen LogP contribution in [0.3, 0.4) is 0 Å². The van der Waals surface area contributed by atoms with Crippen LogP contribution in [-0.2, 0) is 22.7 Å². The summed E-state index contributed by atoms with van der Waals surface area (Å²) in [5.74, 6) is 0.00738. The summed E-state index contributed by atoms with van der Waals surface area (Å²) in [6.45, 7) is 4.17. The number of fused-ring (bicyclic) bond motifs is 3. The zero-order valence-corrected chi connectivity index (χ0v) is 22.3. The van der Waals surface area contributed by atoms with E-state index in [0.29, 0.717) is 31.4 Å². The quantitative estimate of drug-likeness (QED) is 0.458. The van der Waals surface area contributed by atoms with Gasteiger partial charge in [0, 0.05) is 69.3 Å². The summed E-state index contributed by atoms with van der Waals surface area (Å²) in [5, 5.41) is 0. The van der Waals surface area contributed by atoms with Gasteiger partial charge in [0.05, 0.1) is 13.0 Å². The molecule has 0 radical (unpaired) electrons. The fourth-order valence-corrected chi connectivity index (χ4v) is 5.80. The molecule has 2 atom stereocenters. The smallest absolute Gasteiger partial charge is 0.226 e. The number of aromatic nitrogens is 1. The van der Waals surface area contributed by atoms with E-state index in [1.165, 1.54) is 17.7 Å². The fraction of sp³-hybridized carbons (Fsp3) is 0.387. The van der Waals surface area contributed by atoms with Gasteiger partial charge in [-0.1, -0.05) is 24.3 Å². The third kappa shape index (κ3) is 6.63. The van der Waals surface area contributed by atoms with Crippen molar-refractivity contribution in [1.82, 2.24) is 14.8 Å². The zero-order chi connectivity index (χ0) is 27.2.